The molecular formula is C22H28F3N7O2. The summed E-state index contributed by atoms with van der Waals surface area (Å²) < 4.78 is 53.6. The quantitative estimate of drug-likeness (QED) is 0.476. The number of methoxy groups -OCH3 is 1. The molecule has 1 aliphatic rings. The molecule has 34 heavy (non-hydrogen) atoms. The number of anilines is 2. The summed E-state index contributed by atoms with van der Waals surface area (Å²) >= 11 is 0. The third-order valence-electron chi connectivity index (χ3n) is 5.76. The Morgan fingerprint density at radius 3 is 2.71 bits per heavy atom. The zero-order valence-electron chi connectivity index (χ0n) is 19.2. The molecule has 9 nitrogen and oxygen atoms in total. The highest BCUT2D eigenvalue weighted by atomic mass is 19.4. The van der Waals surface area contributed by atoms with E-state index in [1.165, 1.54) is 0 Å². The van der Waals surface area contributed by atoms with Gasteiger partial charge in [-0.1, -0.05) is 0 Å². The van der Waals surface area contributed by atoms with E-state index < -0.39 is 11.7 Å². The number of aryl methyl sites for hydroxylation is 1. The first-order valence-electron chi connectivity index (χ1n) is 11.0. The molecule has 3 aromatic rings. The number of nitrogen functional groups attached to an aromatic ring is 1. The van der Waals surface area contributed by atoms with Gasteiger partial charge in [0.1, 0.15) is 11.3 Å². The Morgan fingerprint density at radius 2 is 2.00 bits per heavy atom. The van der Waals surface area contributed by atoms with Crippen LogP contribution in [0.1, 0.15) is 23.2 Å². The first-order chi connectivity index (χ1) is 16.3. The van der Waals surface area contributed by atoms with E-state index in [1.807, 2.05) is 17.9 Å². The third-order valence-corrected chi connectivity index (χ3v) is 5.76. The SMILES string of the molecule is COCCCNCc1cc2c(N3CCOCC3)nc(-c3cnc(N)cc3C(F)(F)F)nn2c1C. The van der Waals surface area contributed by atoms with Crippen LogP contribution in [0.25, 0.3) is 16.9 Å². The summed E-state index contributed by atoms with van der Waals surface area (Å²) in [4.78, 5) is 10.5. The predicted octanol–water partition coefficient (Wildman–Crippen LogP) is 2.66. The Balaban J connectivity index is 1.81. The molecule has 0 unspecified atom stereocenters. The molecule has 0 aliphatic carbocycles. The van der Waals surface area contributed by atoms with Gasteiger partial charge in [-0.3, -0.25) is 0 Å². The van der Waals surface area contributed by atoms with Gasteiger partial charge in [-0.25, -0.2) is 14.5 Å². The van der Waals surface area contributed by atoms with E-state index in [2.05, 4.69) is 20.4 Å². The lowest BCUT2D eigenvalue weighted by atomic mass is 10.1. The number of nitrogens with one attached hydrogen (secondary N) is 1. The number of alkyl halides is 3. The van der Waals surface area contributed by atoms with Gasteiger partial charge in [0.2, 0.25) is 0 Å². The van der Waals surface area contributed by atoms with Gasteiger partial charge >= 0.3 is 6.18 Å². The van der Waals surface area contributed by atoms with Crippen LogP contribution in [-0.4, -0.2) is 66.1 Å². The normalized spacial score (nSPS) is 14.8. The summed E-state index contributed by atoms with van der Waals surface area (Å²) in [5, 5.41) is 7.87. The maximum absolute atomic E-state index is 13.8. The lowest BCUT2D eigenvalue weighted by molar-refractivity contribution is -0.137. The van der Waals surface area contributed by atoms with E-state index in [4.69, 9.17) is 15.2 Å². The van der Waals surface area contributed by atoms with Crippen molar-refractivity contribution in [3.63, 3.8) is 0 Å². The standard InChI is InChI=1S/C22H28F3N7O2/c1-14-15(12-27-4-3-7-33-2)10-18-21(31-5-8-34-9-6-31)29-20(30-32(14)18)16-13-28-19(26)11-17(16)22(23,24)25/h10-11,13,27H,3-9,12H2,1-2H3,(H2,26,28). The van der Waals surface area contributed by atoms with Crippen LogP contribution >= 0.6 is 0 Å². The van der Waals surface area contributed by atoms with Gasteiger partial charge in [0.05, 0.1) is 24.3 Å². The zero-order chi connectivity index (χ0) is 24.3. The van der Waals surface area contributed by atoms with E-state index >= 15 is 0 Å². The van der Waals surface area contributed by atoms with E-state index in [9.17, 15) is 13.2 Å². The van der Waals surface area contributed by atoms with Crippen molar-refractivity contribution in [2.45, 2.75) is 26.1 Å². The van der Waals surface area contributed by atoms with Gasteiger partial charge in [-0.15, -0.1) is 5.10 Å². The smallest absolute Gasteiger partial charge is 0.385 e. The van der Waals surface area contributed by atoms with Gasteiger partial charge in [0.15, 0.2) is 11.6 Å². The Hall–Kier alpha value is -2.96. The monoisotopic (exact) mass is 479 g/mol. The summed E-state index contributed by atoms with van der Waals surface area (Å²) in [6.07, 6.45) is -2.68. The molecule has 12 heteroatoms. The number of morpholine rings is 1. The van der Waals surface area contributed by atoms with Gasteiger partial charge in [0, 0.05) is 45.2 Å². The average Bonchev–Trinajstić information content (AvgIpc) is 3.14. The number of aromatic nitrogens is 4. The molecule has 1 fully saturated rings. The van der Waals surface area contributed by atoms with Crippen LogP contribution in [-0.2, 0) is 22.2 Å². The van der Waals surface area contributed by atoms with Crippen molar-refractivity contribution in [3.05, 3.63) is 35.2 Å². The van der Waals surface area contributed by atoms with Gasteiger partial charge in [-0.2, -0.15) is 13.2 Å². The number of nitrogens with two attached hydrogens (primary N) is 1. The van der Waals surface area contributed by atoms with Crippen LogP contribution in [0.4, 0.5) is 24.8 Å². The number of nitrogens with zero attached hydrogens (tertiary/aromatic N) is 5. The maximum atomic E-state index is 13.8. The van der Waals surface area contributed by atoms with Crippen LogP contribution in [0.2, 0.25) is 0 Å². The minimum Gasteiger partial charge on any atom is -0.385 e. The Bertz CT molecular complexity index is 1140. The second-order valence-corrected chi connectivity index (χ2v) is 8.09. The van der Waals surface area contributed by atoms with Crippen LogP contribution in [0.5, 0.6) is 0 Å². The van der Waals surface area contributed by atoms with Crippen molar-refractivity contribution in [1.82, 2.24) is 24.9 Å². The number of rotatable bonds is 8. The van der Waals surface area contributed by atoms with Crippen LogP contribution in [0.3, 0.4) is 0 Å². The molecule has 0 bridgehead atoms. The predicted molar refractivity (Wildman–Crippen MR) is 122 cm³/mol. The summed E-state index contributed by atoms with van der Waals surface area (Å²) in [7, 11) is 1.66. The molecule has 0 spiro atoms. The number of fused-ring (bicyclic) bond motifs is 1. The van der Waals surface area contributed by atoms with E-state index in [-0.39, 0.29) is 17.2 Å². The van der Waals surface area contributed by atoms with Crippen LogP contribution in [0, 0.1) is 6.92 Å². The summed E-state index contributed by atoms with van der Waals surface area (Å²) in [6.45, 7) is 6.10. The van der Waals surface area contributed by atoms with E-state index in [0.29, 0.717) is 45.3 Å². The van der Waals surface area contributed by atoms with Crippen molar-refractivity contribution in [1.29, 1.82) is 0 Å². The van der Waals surface area contributed by atoms with Gasteiger partial charge < -0.3 is 25.4 Å². The molecule has 0 saturated carbocycles. The number of ether oxygens (including phenoxy) is 2. The lowest BCUT2D eigenvalue weighted by Crippen LogP contribution is -2.37. The molecule has 0 radical (unpaired) electrons. The Labute approximate surface area is 195 Å². The molecule has 0 amide bonds. The molecule has 4 rings (SSSR count). The molecule has 1 saturated heterocycles. The molecule has 1 aliphatic heterocycles. The number of hydrogen-bond donors (Lipinski definition) is 2. The van der Waals surface area contributed by atoms with Crippen molar-refractivity contribution in [2.75, 3.05) is 57.2 Å². The Morgan fingerprint density at radius 1 is 1.24 bits per heavy atom. The van der Waals surface area contributed by atoms with Crippen LogP contribution in [0.15, 0.2) is 18.3 Å². The molecule has 0 atom stereocenters. The number of pyridine rings is 1. The number of hydrogen-bond acceptors (Lipinski definition) is 8. The third kappa shape index (κ3) is 5.08. The van der Waals surface area contributed by atoms with Crippen molar-refractivity contribution in [3.8, 4) is 11.4 Å². The summed E-state index contributed by atoms with van der Waals surface area (Å²) in [6, 6.07) is 2.80. The van der Waals surface area contributed by atoms with E-state index in [1.54, 1.807) is 11.6 Å². The maximum Gasteiger partial charge on any atom is 0.417 e. The van der Waals surface area contributed by atoms with Gasteiger partial charge in [0.25, 0.3) is 0 Å². The molecular weight excluding hydrogens is 451 g/mol. The second-order valence-electron chi connectivity index (χ2n) is 8.09. The van der Waals surface area contributed by atoms with Crippen molar-refractivity contribution >= 4 is 17.2 Å². The second kappa shape index (κ2) is 10.1. The molecule has 0 aromatic carbocycles. The highest BCUT2D eigenvalue weighted by Gasteiger charge is 2.35. The zero-order valence-corrected chi connectivity index (χ0v) is 19.2. The van der Waals surface area contributed by atoms with Gasteiger partial charge in [-0.05, 0) is 37.6 Å². The molecule has 3 N–H and O–H groups in total. The number of halogens is 3. The fourth-order valence-corrected chi connectivity index (χ4v) is 3.96. The lowest BCUT2D eigenvalue weighted by Gasteiger charge is -2.28. The molecule has 184 valence electrons. The minimum atomic E-state index is -4.63. The van der Waals surface area contributed by atoms with Crippen molar-refractivity contribution < 1.29 is 22.6 Å². The topological polar surface area (TPSA) is 103 Å². The van der Waals surface area contributed by atoms with Crippen LogP contribution < -0.4 is 16.0 Å². The fraction of sp³-hybridized carbons (Fsp3) is 0.500. The minimum absolute atomic E-state index is 0.0629. The first-order valence-corrected chi connectivity index (χ1v) is 11.0. The summed E-state index contributed by atoms with van der Waals surface area (Å²) in [5.74, 6) is 0.281. The van der Waals surface area contributed by atoms with Crippen molar-refractivity contribution in [2.24, 2.45) is 0 Å². The highest BCUT2D eigenvalue weighted by molar-refractivity contribution is 5.74. The average molecular weight is 480 g/mol. The highest BCUT2D eigenvalue weighted by Crippen LogP contribution is 2.37. The molecule has 3 aromatic heterocycles. The fourth-order valence-electron chi connectivity index (χ4n) is 3.96. The van der Waals surface area contributed by atoms with E-state index in [0.717, 1.165) is 42.0 Å². The molecule has 4 heterocycles. The largest absolute Gasteiger partial charge is 0.417 e. The summed E-state index contributed by atoms with van der Waals surface area (Å²) in [5.41, 5.74) is 6.96. The Kier molecular flexibility index (Phi) is 7.19. The first kappa shape index (κ1) is 24.2.